The molecule has 2 fully saturated rings. The third-order valence-electron chi connectivity index (χ3n) is 9.47. The Hall–Kier alpha value is -4.16. The van der Waals surface area contributed by atoms with Gasteiger partial charge in [0.15, 0.2) is 5.60 Å². The van der Waals surface area contributed by atoms with Crippen molar-refractivity contribution in [3.63, 3.8) is 0 Å². The molecule has 0 radical (unpaired) electrons. The summed E-state index contributed by atoms with van der Waals surface area (Å²) in [6, 6.07) is 14.9. The number of amides is 4. The molecule has 0 aromatic heterocycles. The summed E-state index contributed by atoms with van der Waals surface area (Å²) in [6.07, 6.45) is 2.56. The number of piperidine rings is 1. The molecule has 12 heteroatoms. The average Bonchev–Trinajstić information content (AvgIpc) is 3.93. The zero-order valence-electron chi connectivity index (χ0n) is 31.1. The van der Waals surface area contributed by atoms with Crippen LogP contribution in [0.2, 0.25) is 0 Å². The van der Waals surface area contributed by atoms with Crippen LogP contribution in [0.15, 0.2) is 48.5 Å². The van der Waals surface area contributed by atoms with Crippen LogP contribution in [-0.4, -0.2) is 93.0 Å². The molecule has 0 bridgehead atoms. The second-order valence-corrected chi connectivity index (χ2v) is 15.3. The predicted molar refractivity (Wildman–Crippen MR) is 194 cm³/mol. The highest BCUT2D eigenvalue weighted by molar-refractivity contribution is 6.04. The topological polar surface area (TPSA) is 127 Å². The monoisotopic (exact) mass is 706 g/mol. The molecule has 5 rings (SSSR count). The maximum absolute atomic E-state index is 14.7. The first-order chi connectivity index (χ1) is 24.2. The molecule has 12 nitrogen and oxygen atoms in total. The van der Waals surface area contributed by atoms with E-state index in [4.69, 9.17) is 18.9 Å². The van der Waals surface area contributed by atoms with E-state index in [2.05, 4.69) is 5.32 Å². The van der Waals surface area contributed by atoms with E-state index >= 15 is 0 Å². The lowest BCUT2D eigenvalue weighted by molar-refractivity contribution is -0.133. The second-order valence-electron chi connectivity index (χ2n) is 15.3. The number of nitrogens with zero attached hydrogens (tertiary/aromatic N) is 3. The van der Waals surface area contributed by atoms with Gasteiger partial charge in [0, 0.05) is 58.8 Å². The minimum atomic E-state index is -1.04. The van der Waals surface area contributed by atoms with Gasteiger partial charge in [0.1, 0.15) is 11.4 Å². The molecule has 2 aliphatic heterocycles. The Morgan fingerprint density at radius 2 is 1.69 bits per heavy atom. The van der Waals surface area contributed by atoms with Gasteiger partial charge in [-0.3, -0.25) is 14.4 Å². The smallest absolute Gasteiger partial charge is 0.410 e. The van der Waals surface area contributed by atoms with Gasteiger partial charge in [-0.15, -0.1) is 0 Å². The normalized spacial score (nSPS) is 20.6. The fourth-order valence-electron chi connectivity index (χ4n) is 6.82. The number of methoxy groups -OCH3 is 2. The van der Waals surface area contributed by atoms with E-state index in [0.717, 1.165) is 18.4 Å². The van der Waals surface area contributed by atoms with Gasteiger partial charge >= 0.3 is 6.09 Å². The van der Waals surface area contributed by atoms with Crippen LogP contribution in [0.5, 0.6) is 5.75 Å². The number of ether oxygens (including phenoxy) is 4. The van der Waals surface area contributed by atoms with Gasteiger partial charge in [-0.25, -0.2) is 4.79 Å². The molecule has 51 heavy (non-hydrogen) atoms. The molecule has 0 spiro atoms. The van der Waals surface area contributed by atoms with Crippen LogP contribution in [0.1, 0.15) is 78.3 Å². The van der Waals surface area contributed by atoms with Crippen molar-refractivity contribution < 1.29 is 38.1 Å². The SMILES string of the molecule is COCCCN1C(=O)C(C)(C)Oc2ccc(N(C(=O)[C@@H]3C[C@H](C(=O)N[C@@H](CCOC)c4ccccc4)CN(C(=O)OC(C)(C)C)C3)C3CC3)cc21. The number of benzene rings is 2. The van der Waals surface area contributed by atoms with Gasteiger partial charge in [0.2, 0.25) is 11.8 Å². The van der Waals surface area contributed by atoms with Crippen LogP contribution in [0.4, 0.5) is 16.2 Å². The Balaban J connectivity index is 1.43. The number of hydrogen-bond acceptors (Lipinski definition) is 8. The van der Waals surface area contributed by atoms with Crippen molar-refractivity contribution in [2.24, 2.45) is 11.8 Å². The molecule has 0 unspecified atom stereocenters. The van der Waals surface area contributed by atoms with Crippen molar-refractivity contribution in [2.75, 3.05) is 56.9 Å². The molecule has 2 aromatic rings. The van der Waals surface area contributed by atoms with Crippen LogP contribution < -0.4 is 19.9 Å². The molecule has 4 amide bonds. The molecule has 1 saturated carbocycles. The molecule has 2 aromatic carbocycles. The van der Waals surface area contributed by atoms with E-state index in [-0.39, 0.29) is 49.3 Å². The fourth-order valence-corrected chi connectivity index (χ4v) is 6.82. The quantitative estimate of drug-likeness (QED) is 0.271. The van der Waals surface area contributed by atoms with E-state index in [9.17, 15) is 19.2 Å². The van der Waals surface area contributed by atoms with Gasteiger partial charge in [0.05, 0.1) is 23.6 Å². The Morgan fingerprint density at radius 3 is 2.33 bits per heavy atom. The van der Waals surface area contributed by atoms with Gasteiger partial charge in [-0.1, -0.05) is 30.3 Å². The largest absolute Gasteiger partial charge is 0.476 e. The van der Waals surface area contributed by atoms with E-state index in [1.54, 1.807) is 58.6 Å². The number of carbonyl (C=O) groups is 4. The van der Waals surface area contributed by atoms with Crippen LogP contribution in [0.25, 0.3) is 0 Å². The zero-order chi connectivity index (χ0) is 36.9. The first kappa shape index (κ1) is 38.1. The summed E-state index contributed by atoms with van der Waals surface area (Å²) in [5.41, 5.74) is 0.402. The molecule has 1 saturated heterocycles. The lowest BCUT2D eigenvalue weighted by Gasteiger charge is -2.40. The van der Waals surface area contributed by atoms with Crippen molar-refractivity contribution in [3.05, 3.63) is 54.1 Å². The summed E-state index contributed by atoms with van der Waals surface area (Å²) in [5.74, 6) is -1.32. The summed E-state index contributed by atoms with van der Waals surface area (Å²) in [7, 11) is 3.25. The number of carbonyl (C=O) groups excluding carboxylic acids is 4. The number of fused-ring (bicyclic) bond motifs is 1. The molecule has 1 N–H and O–H groups in total. The fraction of sp³-hybridized carbons (Fsp3) is 0.590. The third-order valence-corrected chi connectivity index (χ3v) is 9.47. The molecular weight excluding hydrogens is 652 g/mol. The van der Waals surface area contributed by atoms with Crippen molar-refractivity contribution >= 4 is 35.2 Å². The zero-order valence-corrected chi connectivity index (χ0v) is 31.1. The molecule has 2 heterocycles. The summed E-state index contributed by atoms with van der Waals surface area (Å²) in [5, 5.41) is 3.19. The number of likely N-dealkylation sites (tertiary alicyclic amines) is 1. The molecule has 1 aliphatic carbocycles. The lowest BCUT2D eigenvalue weighted by atomic mass is 9.87. The van der Waals surface area contributed by atoms with Crippen LogP contribution in [0.3, 0.4) is 0 Å². The first-order valence-electron chi connectivity index (χ1n) is 18.0. The molecule has 3 atom stereocenters. The summed E-state index contributed by atoms with van der Waals surface area (Å²) >= 11 is 0. The highest BCUT2D eigenvalue weighted by Crippen LogP contribution is 2.43. The number of nitrogens with one attached hydrogen (secondary N) is 1. The summed E-state index contributed by atoms with van der Waals surface area (Å²) in [4.78, 5) is 60.7. The maximum atomic E-state index is 14.7. The minimum Gasteiger partial charge on any atom is -0.476 e. The van der Waals surface area contributed by atoms with E-state index < -0.39 is 29.1 Å². The standard InChI is InChI=1S/C39H54N4O8/c1-38(2,3)51-37(47)41-24-27(34(44)40-31(18-21-49-7)26-12-9-8-10-13-26)22-28(25-41)35(45)43(29-14-15-29)30-16-17-33-32(23-30)42(19-11-20-48-6)36(46)39(4,5)50-33/h8-10,12-13,16-17,23,27-29,31H,11,14-15,18-22,24-25H2,1-7H3,(H,40,44)/t27-,28+,31-/m0/s1. The highest BCUT2D eigenvalue weighted by atomic mass is 16.6. The highest BCUT2D eigenvalue weighted by Gasteiger charge is 2.45. The molecule has 3 aliphatic rings. The van der Waals surface area contributed by atoms with Crippen molar-refractivity contribution in [1.29, 1.82) is 0 Å². The van der Waals surface area contributed by atoms with Gasteiger partial charge in [-0.05, 0) is 90.5 Å². The van der Waals surface area contributed by atoms with Crippen LogP contribution in [-0.2, 0) is 28.6 Å². The van der Waals surface area contributed by atoms with Crippen molar-refractivity contribution in [3.8, 4) is 5.75 Å². The minimum absolute atomic E-state index is 0.0326. The van der Waals surface area contributed by atoms with E-state index in [1.165, 1.54) is 4.90 Å². The maximum Gasteiger partial charge on any atom is 0.410 e. The Kier molecular flexibility index (Phi) is 12.0. The van der Waals surface area contributed by atoms with Crippen molar-refractivity contribution in [1.82, 2.24) is 10.2 Å². The number of hydrogen-bond donors (Lipinski definition) is 1. The van der Waals surface area contributed by atoms with Crippen LogP contribution >= 0.6 is 0 Å². The summed E-state index contributed by atoms with van der Waals surface area (Å²) in [6.45, 7) is 10.5. The van der Waals surface area contributed by atoms with Gasteiger partial charge in [0.25, 0.3) is 5.91 Å². The van der Waals surface area contributed by atoms with Gasteiger partial charge < -0.3 is 39.0 Å². The third kappa shape index (κ3) is 9.39. The number of anilines is 2. The van der Waals surface area contributed by atoms with Crippen LogP contribution in [0, 0.1) is 11.8 Å². The average molecular weight is 707 g/mol. The van der Waals surface area contributed by atoms with Gasteiger partial charge in [-0.2, -0.15) is 0 Å². The van der Waals surface area contributed by atoms with E-state index in [1.807, 2.05) is 48.5 Å². The Bertz CT molecular complexity index is 1550. The predicted octanol–water partition coefficient (Wildman–Crippen LogP) is 5.49. The Morgan fingerprint density at radius 1 is 1.00 bits per heavy atom. The van der Waals surface area contributed by atoms with E-state index in [0.29, 0.717) is 49.7 Å². The van der Waals surface area contributed by atoms with Crippen molar-refractivity contribution in [2.45, 2.75) is 90.0 Å². The molecule has 278 valence electrons. The second kappa shape index (κ2) is 16.0. The number of rotatable bonds is 13. The molecular formula is C39H54N4O8. The first-order valence-corrected chi connectivity index (χ1v) is 18.0. The lowest BCUT2D eigenvalue weighted by Crippen LogP contribution is -2.54. The summed E-state index contributed by atoms with van der Waals surface area (Å²) < 4.78 is 22.5. The Labute approximate surface area is 301 Å².